The number of aliphatic hydroxyl groups excluding tert-OH is 1. The number of pyridine rings is 1. The molecule has 0 atom stereocenters. The Morgan fingerprint density at radius 1 is 1.29 bits per heavy atom. The van der Waals surface area contributed by atoms with Gasteiger partial charge in [0.1, 0.15) is 5.75 Å². The number of aliphatic hydroxyl groups is 1. The Labute approximate surface area is 98.7 Å². The maximum absolute atomic E-state index is 9.14. The van der Waals surface area contributed by atoms with E-state index < -0.39 is 0 Å². The minimum absolute atomic E-state index is 0.103. The molecule has 0 aliphatic carbocycles. The normalized spacial score (nSPS) is 9.65. The van der Waals surface area contributed by atoms with Gasteiger partial charge in [-0.15, -0.1) is 0 Å². The Morgan fingerprint density at radius 2 is 2.12 bits per heavy atom. The van der Waals surface area contributed by atoms with E-state index in [9.17, 15) is 0 Å². The van der Waals surface area contributed by atoms with Crippen LogP contribution in [0.2, 0.25) is 0 Å². The van der Waals surface area contributed by atoms with Crippen LogP contribution in [0.5, 0.6) is 11.6 Å². The lowest BCUT2D eigenvalue weighted by atomic mass is 10.2. The summed E-state index contributed by atoms with van der Waals surface area (Å²) in [5, 5.41) is 17.9. The molecule has 0 fully saturated rings. The second-order valence-electron chi connectivity index (χ2n) is 3.36. The second-order valence-corrected chi connectivity index (χ2v) is 3.36. The molecule has 17 heavy (non-hydrogen) atoms. The fourth-order valence-corrected chi connectivity index (χ4v) is 1.38. The lowest BCUT2D eigenvalue weighted by molar-refractivity contribution is 0.276. The van der Waals surface area contributed by atoms with E-state index in [2.05, 4.69) is 4.98 Å². The van der Waals surface area contributed by atoms with E-state index in [1.54, 1.807) is 24.3 Å². The molecule has 0 radical (unpaired) electrons. The van der Waals surface area contributed by atoms with Crippen molar-refractivity contribution in [3.05, 3.63) is 53.7 Å². The van der Waals surface area contributed by atoms with Crippen molar-refractivity contribution in [1.29, 1.82) is 5.26 Å². The maximum atomic E-state index is 9.14. The Kier molecular flexibility index (Phi) is 3.34. The summed E-state index contributed by atoms with van der Waals surface area (Å²) in [7, 11) is 0. The van der Waals surface area contributed by atoms with Gasteiger partial charge in [-0.25, -0.2) is 4.98 Å². The van der Waals surface area contributed by atoms with Gasteiger partial charge >= 0.3 is 0 Å². The van der Waals surface area contributed by atoms with Gasteiger partial charge in [0.15, 0.2) is 0 Å². The van der Waals surface area contributed by atoms with Crippen LogP contribution in [0.25, 0.3) is 0 Å². The van der Waals surface area contributed by atoms with Gasteiger partial charge in [-0.1, -0.05) is 18.2 Å². The number of hydrogen-bond donors (Lipinski definition) is 1. The van der Waals surface area contributed by atoms with Crippen molar-refractivity contribution in [2.75, 3.05) is 0 Å². The molecule has 1 N–H and O–H groups in total. The summed E-state index contributed by atoms with van der Waals surface area (Å²) in [6.07, 6.45) is 1.51. The van der Waals surface area contributed by atoms with Crippen LogP contribution in [-0.4, -0.2) is 10.1 Å². The van der Waals surface area contributed by atoms with Crippen LogP contribution in [0.3, 0.4) is 0 Å². The average Bonchev–Trinajstić information content (AvgIpc) is 2.39. The zero-order valence-electron chi connectivity index (χ0n) is 9.00. The molecule has 4 nitrogen and oxygen atoms in total. The monoisotopic (exact) mass is 226 g/mol. The molecule has 1 aromatic carbocycles. The SMILES string of the molecule is N#Cc1ccnc(Oc2ccccc2CO)c1. The number of hydrogen-bond acceptors (Lipinski definition) is 4. The summed E-state index contributed by atoms with van der Waals surface area (Å²) in [4.78, 5) is 4.00. The molecule has 0 saturated heterocycles. The zero-order valence-corrected chi connectivity index (χ0v) is 9.00. The Hall–Kier alpha value is -2.38. The maximum Gasteiger partial charge on any atom is 0.220 e. The quantitative estimate of drug-likeness (QED) is 0.871. The first-order chi connectivity index (χ1) is 8.33. The average molecular weight is 226 g/mol. The molecular weight excluding hydrogens is 216 g/mol. The van der Waals surface area contributed by atoms with Crippen LogP contribution in [0.15, 0.2) is 42.6 Å². The van der Waals surface area contributed by atoms with E-state index in [1.165, 1.54) is 6.20 Å². The van der Waals surface area contributed by atoms with Crippen molar-refractivity contribution in [3.8, 4) is 17.7 Å². The van der Waals surface area contributed by atoms with Gasteiger partial charge in [0.25, 0.3) is 0 Å². The summed E-state index contributed by atoms with van der Waals surface area (Å²) in [6.45, 7) is -0.103. The van der Waals surface area contributed by atoms with Crippen molar-refractivity contribution in [3.63, 3.8) is 0 Å². The highest BCUT2D eigenvalue weighted by molar-refractivity contribution is 5.38. The van der Waals surface area contributed by atoms with E-state index in [0.717, 1.165) is 0 Å². The summed E-state index contributed by atoms with van der Waals surface area (Å²) in [5.41, 5.74) is 1.16. The molecule has 4 heteroatoms. The predicted octanol–water partition coefficient (Wildman–Crippen LogP) is 2.24. The van der Waals surface area contributed by atoms with Crippen LogP contribution in [0.1, 0.15) is 11.1 Å². The fraction of sp³-hybridized carbons (Fsp3) is 0.0769. The Bertz CT molecular complexity index is 561. The highest BCUT2D eigenvalue weighted by Crippen LogP contribution is 2.23. The third-order valence-electron chi connectivity index (χ3n) is 2.22. The number of aromatic nitrogens is 1. The Morgan fingerprint density at radius 3 is 2.88 bits per heavy atom. The Balaban J connectivity index is 2.28. The molecule has 0 aliphatic rings. The highest BCUT2D eigenvalue weighted by Gasteiger charge is 2.04. The van der Waals surface area contributed by atoms with Gasteiger partial charge in [-0.2, -0.15) is 5.26 Å². The van der Waals surface area contributed by atoms with Gasteiger partial charge in [0.2, 0.25) is 5.88 Å². The van der Waals surface area contributed by atoms with Crippen LogP contribution in [0.4, 0.5) is 0 Å². The molecule has 84 valence electrons. The second kappa shape index (κ2) is 5.10. The molecule has 1 heterocycles. The predicted molar refractivity (Wildman–Crippen MR) is 61.4 cm³/mol. The summed E-state index contributed by atoms with van der Waals surface area (Å²) >= 11 is 0. The van der Waals surface area contributed by atoms with Gasteiger partial charge < -0.3 is 9.84 Å². The number of rotatable bonds is 3. The lowest BCUT2D eigenvalue weighted by Gasteiger charge is -2.08. The number of nitrogens with zero attached hydrogens (tertiary/aromatic N) is 2. The first kappa shape index (κ1) is 11.1. The van der Waals surface area contributed by atoms with E-state index in [4.69, 9.17) is 15.1 Å². The summed E-state index contributed by atoms with van der Waals surface area (Å²) < 4.78 is 5.52. The van der Waals surface area contributed by atoms with Crippen LogP contribution < -0.4 is 4.74 Å². The molecular formula is C13H10N2O2. The standard InChI is InChI=1S/C13H10N2O2/c14-8-10-5-6-15-13(7-10)17-12-4-2-1-3-11(12)9-16/h1-7,16H,9H2. The van der Waals surface area contributed by atoms with Crippen LogP contribution >= 0.6 is 0 Å². The third kappa shape index (κ3) is 2.60. The molecule has 0 saturated carbocycles. The van der Waals surface area contributed by atoms with E-state index >= 15 is 0 Å². The van der Waals surface area contributed by atoms with Gasteiger partial charge in [0, 0.05) is 17.8 Å². The topological polar surface area (TPSA) is 66.1 Å². The minimum Gasteiger partial charge on any atom is -0.439 e. The number of benzene rings is 1. The van der Waals surface area contributed by atoms with E-state index in [1.807, 2.05) is 18.2 Å². The molecule has 1 aromatic heterocycles. The number of para-hydroxylation sites is 1. The smallest absolute Gasteiger partial charge is 0.220 e. The first-order valence-corrected chi connectivity index (χ1v) is 5.06. The van der Waals surface area contributed by atoms with Crippen molar-refractivity contribution in [2.24, 2.45) is 0 Å². The van der Waals surface area contributed by atoms with Crippen molar-refractivity contribution in [1.82, 2.24) is 4.98 Å². The van der Waals surface area contributed by atoms with E-state index in [0.29, 0.717) is 22.8 Å². The molecule has 0 bridgehead atoms. The molecule has 0 unspecified atom stereocenters. The fourth-order valence-electron chi connectivity index (χ4n) is 1.38. The van der Waals surface area contributed by atoms with E-state index in [-0.39, 0.29) is 6.61 Å². The van der Waals surface area contributed by atoms with Gasteiger partial charge in [0.05, 0.1) is 18.2 Å². The molecule has 0 amide bonds. The van der Waals surface area contributed by atoms with Gasteiger partial charge in [-0.3, -0.25) is 0 Å². The molecule has 2 rings (SSSR count). The van der Waals surface area contributed by atoms with Crippen LogP contribution in [0, 0.1) is 11.3 Å². The molecule has 0 spiro atoms. The lowest BCUT2D eigenvalue weighted by Crippen LogP contribution is -1.93. The van der Waals surface area contributed by atoms with Crippen molar-refractivity contribution in [2.45, 2.75) is 6.61 Å². The van der Waals surface area contributed by atoms with Crippen molar-refractivity contribution < 1.29 is 9.84 Å². The van der Waals surface area contributed by atoms with Gasteiger partial charge in [-0.05, 0) is 12.1 Å². The largest absolute Gasteiger partial charge is 0.439 e. The molecule has 2 aromatic rings. The van der Waals surface area contributed by atoms with Crippen LogP contribution in [-0.2, 0) is 6.61 Å². The molecule has 0 aliphatic heterocycles. The summed E-state index contributed by atoms with van der Waals surface area (Å²) in [5.74, 6) is 0.877. The summed E-state index contributed by atoms with van der Waals surface area (Å²) in [6, 6.07) is 12.3. The number of ether oxygens (including phenoxy) is 1. The van der Waals surface area contributed by atoms with Crippen molar-refractivity contribution >= 4 is 0 Å². The zero-order chi connectivity index (χ0) is 12.1. The number of nitriles is 1. The third-order valence-corrected chi connectivity index (χ3v) is 2.22. The highest BCUT2D eigenvalue weighted by atomic mass is 16.5. The first-order valence-electron chi connectivity index (χ1n) is 5.06. The minimum atomic E-state index is -0.103.